The van der Waals surface area contributed by atoms with Crippen molar-refractivity contribution in [3.63, 3.8) is 0 Å². The van der Waals surface area contributed by atoms with Crippen LogP contribution >= 0.6 is 0 Å². The molecule has 3 nitrogen and oxygen atoms in total. The zero-order chi connectivity index (χ0) is 13.6. The minimum atomic E-state index is -0.191. The van der Waals surface area contributed by atoms with Crippen molar-refractivity contribution in [2.24, 2.45) is 0 Å². The highest BCUT2D eigenvalue weighted by Crippen LogP contribution is 2.05. The van der Waals surface area contributed by atoms with Crippen molar-refractivity contribution in [1.29, 1.82) is 0 Å². The molecule has 0 aromatic heterocycles. The van der Waals surface area contributed by atoms with Crippen molar-refractivity contribution in [2.45, 2.75) is 52.1 Å². The maximum Gasteiger partial charge on any atom is 0.315 e. The zero-order valence-corrected chi connectivity index (χ0v) is 11.8. The van der Waals surface area contributed by atoms with E-state index in [-0.39, 0.29) is 17.6 Å². The largest absolute Gasteiger partial charge is 0.336 e. The van der Waals surface area contributed by atoms with E-state index < -0.39 is 0 Å². The summed E-state index contributed by atoms with van der Waals surface area (Å²) in [5.74, 6) is 0. The van der Waals surface area contributed by atoms with E-state index >= 15 is 0 Å². The van der Waals surface area contributed by atoms with Gasteiger partial charge in [0.05, 0.1) is 0 Å². The summed E-state index contributed by atoms with van der Waals surface area (Å²) in [6.45, 7) is 7.95. The van der Waals surface area contributed by atoms with Gasteiger partial charge in [0, 0.05) is 11.6 Å². The molecule has 0 heterocycles. The molecule has 1 atom stereocenters. The Morgan fingerprint density at radius 1 is 1.22 bits per heavy atom. The number of amides is 2. The lowest BCUT2D eigenvalue weighted by Crippen LogP contribution is -2.48. The van der Waals surface area contributed by atoms with Crippen molar-refractivity contribution in [2.75, 3.05) is 0 Å². The number of hydrogen-bond donors (Lipinski definition) is 2. The summed E-state index contributed by atoms with van der Waals surface area (Å²) < 4.78 is 0. The Morgan fingerprint density at radius 3 is 2.39 bits per heavy atom. The van der Waals surface area contributed by atoms with Crippen LogP contribution in [-0.2, 0) is 6.42 Å². The number of carbonyl (C=O) groups is 1. The van der Waals surface area contributed by atoms with E-state index in [1.54, 1.807) is 0 Å². The molecule has 0 spiro atoms. The van der Waals surface area contributed by atoms with Crippen LogP contribution in [-0.4, -0.2) is 17.6 Å². The highest BCUT2D eigenvalue weighted by Gasteiger charge is 2.14. The van der Waals surface area contributed by atoms with E-state index in [1.807, 2.05) is 45.9 Å². The fraction of sp³-hybridized carbons (Fsp3) is 0.533. The number of nitrogens with one attached hydrogen (secondary N) is 2. The molecule has 1 aromatic rings. The normalized spacial score (nSPS) is 12.9. The third-order valence-corrected chi connectivity index (χ3v) is 2.57. The molecule has 1 unspecified atom stereocenters. The fourth-order valence-corrected chi connectivity index (χ4v) is 1.70. The van der Waals surface area contributed by atoms with Gasteiger partial charge < -0.3 is 10.6 Å². The van der Waals surface area contributed by atoms with Gasteiger partial charge in [-0.15, -0.1) is 0 Å². The molecule has 1 rings (SSSR count). The lowest BCUT2D eigenvalue weighted by atomic mass is 10.1. The third kappa shape index (κ3) is 6.28. The van der Waals surface area contributed by atoms with Gasteiger partial charge in [-0.25, -0.2) is 4.79 Å². The lowest BCUT2D eigenvalue weighted by molar-refractivity contribution is 0.228. The van der Waals surface area contributed by atoms with Crippen LogP contribution in [0.3, 0.4) is 0 Å². The van der Waals surface area contributed by atoms with Crippen LogP contribution in [0.15, 0.2) is 30.3 Å². The van der Waals surface area contributed by atoms with Crippen LogP contribution in [0.1, 0.15) is 39.7 Å². The van der Waals surface area contributed by atoms with Crippen molar-refractivity contribution < 1.29 is 4.79 Å². The third-order valence-electron chi connectivity index (χ3n) is 2.57. The molecule has 0 aliphatic heterocycles. The Labute approximate surface area is 110 Å². The molecule has 0 aliphatic rings. The first-order valence-corrected chi connectivity index (χ1v) is 6.49. The zero-order valence-electron chi connectivity index (χ0n) is 11.8. The minimum Gasteiger partial charge on any atom is -0.336 e. The van der Waals surface area contributed by atoms with Crippen molar-refractivity contribution in [3.05, 3.63) is 35.9 Å². The summed E-state index contributed by atoms with van der Waals surface area (Å²) in [4.78, 5) is 11.7. The molecule has 18 heavy (non-hydrogen) atoms. The summed E-state index contributed by atoms with van der Waals surface area (Å²) in [5.41, 5.74) is 1.12. The van der Waals surface area contributed by atoms with E-state index in [2.05, 4.69) is 22.8 Å². The number of urea groups is 1. The molecule has 0 fully saturated rings. The Balaban J connectivity index is 2.29. The standard InChI is InChI=1S/C15H24N2O/c1-12(16-14(18)17-15(2,3)4)10-11-13-8-6-5-7-9-13/h5-9,12H,10-11H2,1-4H3,(H2,16,17,18). The van der Waals surface area contributed by atoms with E-state index in [4.69, 9.17) is 0 Å². The summed E-state index contributed by atoms with van der Waals surface area (Å²) in [6, 6.07) is 10.4. The van der Waals surface area contributed by atoms with Crippen LogP contribution in [0.2, 0.25) is 0 Å². The minimum absolute atomic E-state index is 0.0944. The molecule has 2 amide bonds. The first-order chi connectivity index (χ1) is 8.37. The fourth-order valence-electron chi connectivity index (χ4n) is 1.70. The van der Waals surface area contributed by atoms with Gasteiger partial charge in [0.25, 0.3) is 0 Å². The van der Waals surface area contributed by atoms with Crippen LogP contribution in [0.25, 0.3) is 0 Å². The number of aryl methyl sites for hydroxylation is 1. The maximum absolute atomic E-state index is 11.7. The summed E-state index contributed by atoms with van der Waals surface area (Å²) in [5, 5.41) is 5.85. The van der Waals surface area contributed by atoms with E-state index in [0.717, 1.165) is 12.8 Å². The lowest BCUT2D eigenvalue weighted by Gasteiger charge is -2.23. The van der Waals surface area contributed by atoms with Crippen LogP contribution in [0.5, 0.6) is 0 Å². The Kier molecular flexibility index (Phi) is 5.20. The Hall–Kier alpha value is -1.51. The van der Waals surface area contributed by atoms with Crippen molar-refractivity contribution in [3.8, 4) is 0 Å². The van der Waals surface area contributed by atoms with Gasteiger partial charge in [0.2, 0.25) is 0 Å². The van der Waals surface area contributed by atoms with Gasteiger partial charge in [0.15, 0.2) is 0 Å². The SMILES string of the molecule is CC(CCc1ccccc1)NC(=O)NC(C)(C)C. The first-order valence-electron chi connectivity index (χ1n) is 6.49. The van der Waals surface area contributed by atoms with Crippen LogP contribution in [0, 0.1) is 0 Å². The maximum atomic E-state index is 11.7. The highest BCUT2D eigenvalue weighted by atomic mass is 16.2. The average molecular weight is 248 g/mol. The van der Waals surface area contributed by atoms with Gasteiger partial charge in [-0.1, -0.05) is 30.3 Å². The van der Waals surface area contributed by atoms with Crippen molar-refractivity contribution >= 4 is 6.03 Å². The van der Waals surface area contributed by atoms with E-state index in [1.165, 1.54) is 5.56 Å². The second-order valence-corrected chi connectivity index (χ2v) is 5.77. The van der Waals surface area contributed by atoms with Crippen molar-refractivity contribution in [1.82, 2.24) is 10.6 Å². The second-order valence-electron chi connectivity index (χ2n) is 5.77. The second kappa shape index (κ2) is 6.43. The molecule has 100 valence electrons. The molecule has 0 saturated carbocycles. The van der Waals surface area contributed by atoms with Gasteiger partial charge in [0.1, 0.15) is 0 Å². The van der Waals surface area contributed by atoms with Gasteiger partial charge >= 0.3 is 6.03 Å². The molecule has 0 radical (unpaired) electrons. The van der Waals surface area contributed by atoms with Gasteiger partial charge in [-0.05, 0) is 46.1 Å². The predicted octanol–water partition coefficient (Wildman–Crippen LogP) is 3.11. The van der Waals surface area contributed by atoms with Crippen LogP contribution < -0.4 is 10.6 Å². The predicted molar refractivity (Wildman–Crippen MR) is 75.6 cm³/mol. The monoisotopic (exact) mass is 248 g/mol. The van der Waals surface area contributed by atoms with E-state index in [0.29, 0.717) is 0 Å². The van der Waals surface area contributed by atoms with E-state index in [9.17, 15) is 4.79 Å². The topological polar surface area (TPSA) is 41.1 Å². The summed E-state index contributed by atoms with van der Waals surface area (Å²) in [7, 11) is 0. The molecule has 2 N–H and O–H groups in total. The highest BCUT2D eigenvalue weighted by molar-refractivity contribution is 5.74. The first kappa shape index (κ1) is 14.6. The Bertz CT molecular complexity index is 368. The average Bonchev–Trinajstić information content (AvgIpc) is 2.25. The molecular formula is C15H24N2O. The summed E-state index contributed by atoms with van der Waals surface area (Å²) >= 11 is 0. The number of rotatable bonds is 4. The molecule has 0 aliphatic carbocycles. The molecule has 0 bridgehead atoms. The molecular weight excluding hydrogens is 224 g/mol. The number of hydrogen-bond acceptors (Lipinski definition) is 1. The smallest absolute Gasteiger partial charge is 0.315 e. The molecule has 3 heteroatoms. The summed E-state index contributed by atoms with van der Waals surface area (Å²) in [6.07, 6.45) is 1.93. The Morgan fingerprint density at radius 2 is 1.83 bits per heavy atom. The van der Waals surface area contributed by atoms with Gasteiger partial charge in [-0.2, -0.15) is 0 Å². The number of benzene rings is 1. The number of carbonyl (C=O) groups excluding carboxylic acids is 1. The molecule has 1 aromatic carbocycles. The molecule has 0 saturated heterocycles. The van der Waals surface area contributed by atoms with Gasteiger partial charge in [-0.3, -0.25) is 0 Å². The quantitative estimate of drug-likeness (QED) is 0.844. The van der Waals surface area contributed by atoms with Crippen LogP contribution in [0.4, 0.5) is 4.79 Å².